The number of nitrogens with one attached hydrogen (secondary N) is 1. The third-order valence-corrected chi connectivity index (χ3v) is 7.73. The molecule has 0 spiro atoms. The SMILES string of the molecule is CC(C)(C)C1[C@H](Cn2c(-c3c(F)cccc3Cl)nc3cnc(NCc4ccc(F)c(F)c4)nc32)CCCN1C(=O)O. The molecule has 4 aromatic rings. The molecule has 2 aromatic carbocycles. The number of carbonyl (C=O) groups is 1. The zero-order chi connectivity index (χ0) is 29.5. The molecule has 3 heterocycles. The first-order chi connectivity index (χ1) is 19.4. The van der Waals surface area contributed by atoms with Gasteiger partial charge >= 0.3 is 6.09 Å². The maximum atomic E-state index is 15.2. The summed E-state index contributed by atoms with van der Waals surface area (Å²) >= 11 is 6.46. The van der Waals surface area contributed by atoms with Crippen molar-refractivity contribution in [1.82, 2.24) is 24.4 Å². The highest BCUT2D eigenvalue weighted by molar-refractivity contribution is 6.33. The molecule has 1 amide bonds. The molecular formula is C29H30ClF3N6O2. The minimum Gasteiger partial charge on any atom is -0.465 e. The Balaban J connectivity index is 1.59. The molecule has 1 fully saturated rings. The van der Waals surface area contributed by atoms with Crippen molar-refractivity contribution in [3.63, 3.8) is 0 Å². The molecule has 41 heavy (non-hydrogen) atoms. The molecule has 12 heteroatoms. The number of aromatic nitrogens is 4. The number of nitrogens with zero attached hydrogens (tertiary/aromatic N) is 5. The monoisotopic (exact) mass is 586 g/mol. The minimum atomic E-state index is -0.978. The van der Waals surface area contributed by atoms with Crippen LogP contribution in [-0.2, 0) is 13.1 Å². The van der Waals surface area contributed by atoms with E-state index in [1.165, 1.54) is 29.3 Å². The van der Waals surface area contributed by atoms with E-state index in [-0.39, 0.29) is 46.3 Å². The third-order valence-electron chi connectivity index (χ3n) is 7.42. The quantitative estimate of drug-likeness (QED) is 0.253. The second-order valence-corrected chi connectivity index (χ2v) is 11.7. The van der Waals surface area contributed by atoms with E-state index < -0.39 is 23.5 Å². The second kappa shape index (κ2) is 11.2. The van der Waals surface area contributed by atoms with Crippen molar-refractivity contribution >= 4 is 34.8 Å². The molecule has 1 aliphatic heterocycles. The van der Waals surface area contributed by atoms with Gasteiger partial charge in [-0.15, -0.1) is 0 Å². The van der Waals surface area contributed by atoms with Gasteiger partial charge in [0.25, 0.3) is 0 Å². The van der Waals surface area contributed by atoms with Crippen LogP contribution in [0.25, 0.3) is 22.6 Å². The number of likely N-dealkylation sites (tertiary alicyclic amines) is 1. The average molecular weight is 587 g/mol. The van der Waals surface area contributed by atoms with Gasteiger partial charge < -0.3 is 19.9 Å². The third kappa shape index (κ3) is 5.81. The summed E-state index contributed by atoms with van der Waals surface area (Å²) in [5, 5.41) is 13.2. The number of halogens is 4. The smallest absolute Gasteiger partial charge is 0.407 e. The number of rotatable bonds is 6. The zero-order valence-corrected chi connectivity index (χ0v) is 23.6. The van der Waals surface area contributed by atoms with Crippen LogP contribution in [0.15, 0.2) is 42.6 Å². The molecule has 0 saturated carbocycles. The normalized spacial score (nSPS) is 17.7. The van der Waals surface area contributed by atoms with Crippen molar-refractivity contribution in [1.29, 1.82) is 0 Å². The predicted octanol–water partition coefficient (Wildman–Crippen LogP) is 6.98. The fourth-order valence-electron chi connectivity index (χ4n) is 5.80. The van der Waals surface area contributed by atoms with Crippen LogP contribution in [0.5, 0.6) is 0 Å². The van der Waals surface area contributed by atoms with Crippen molar-refractivity contribution in [2.24, 2.45) is 11.3 Å². The fraction of sp³-hybridized carbons (Fsp3) is 0.379. The molecular weight excluding hydrogens is 557 g/mol. The highest BCUT2D eigenvalue weighted by Gasteiger charge is 2.42. The molecule has 0 radical (unpaired) electrons. The standard InChI is InChI=1S/C29H30ClF3N6O2/c1-29(2,3)24-17(6-5-11-38(24)28(40)41)15-39-25-22(36-26(39)23-18(30)7-4-8-20(23)32)14-35-27(37-25)34-13-16-9-10-19(31)21(33)12-16/h4,7-10,12,14,17,24H,5-6,11,13,15H2,1-3H3,(H,40,41)(H,34,35,37)/t17-,24?/m0/s1. The molecule has 2 aromatic heterocycles. The summed E-state index contributed by atoms with van der Waals surface area (Å²) in [4.78, 5) is 27.3. The molecule has 2 atom stereocenters. The fourth-order valence-corrected chi connectivity index (χ4v) is 6.05. The van der Waals surface area contributed by atoms with E-state index in [0.717, 1.165) is 18.6 Å². The van der Waals surface area contributed by atoms with Crippen molar-refractivity contribution in [2.45, 2.75) is 52.7 Å². The maximum absolute atomic E-state index is 15.2. The Hall–Kier alpha value is -3.86. The van der Waals surface area contributed by atoms with E-state index in [1.807, 2.05) is 20.8 Å². The largest absolute Gasteiger partial charge is 0.465 e. The lowest BCUT2D eigenvalue weighted by Gasteiger charge is -2.47. The van der Waals surface area contributed by atoms with Crippen LogP contribution in [0.4, 0.5) is 23.9 Å². The van der Waals surface area contributed by atoms with Gasteiger partial charge in [0.1, 0.15) is 17.2 Å². The molecule has 2 N–H and O–H groups in total. The van der Waals surface area contributed by atoms with Gasteiger partial charge in [-0.2, -0.15) is 4.98 Å². The summed E-state index contributed by atoms with van der Waals surface area (Å²) < 4.78 is 44.0. The Labute approximate surface area is 240 Å². The topological polar surface area (TPSA) is 96.2 Å². The van der Waals surface area contributed by atoms with E-state index in [1.54, 1.807) is 10.6 Å². The summed E-state index contributed by atoms with van der Waals surface area (Å²) in [5.41, 5.74) is 1.03. The Kier molecular flexibility index (Phi) is 7.83. The highest BCUT2D eigenvalue weighted by Crippen LogP contribution is 2.39. The number of anilines is 1. The van der Waals surface area contributed by atoms with Gasteiger partial charge in [-0.1, -0.05) is 44.5 Å². The number of imidazole rings is 1. The molecule has 0 bridgehead atoms. The van der Waals surface area contributed by atoms with Crippen LogP contribution >= 0.6 is 11.6 Å². The summed E-state index contributed by atoms with van der Waals surface area (Å²) in [6.07, 6.45) is 1.95. The minimum absolute atomic E-state index is 0.113. The van der Waals surface area contributed by atoms with Gasteiger partial charge in [-0.25, -0.2) is 27.9 Å². The molecule has 0 aliphatic carbocycles. The first-order valence-corrected chi connectivity index (χ1v) is 13.7. The van der Waals surface area contributed by atoms with E-state index in [0.29, 0.717) is 36.2 Å². The van der Waals surface area contributed by atoms with Crippen LogP contribution in [0, 0.1) is 28.8 Å². The number of benzene rings is 2. The van der Waals surface area contributed by atoms with Crippen molar-refractivity contribution in [2.75, 3.05) is 11.9 Å². The Morgan fingerprint density at radius 1 is 1.12 bits per heavy atom. The summed E-state index contributed by atoms with van der Waals surface area (Å²) in [7, 11) is 0. The molecule has 5 rings (SSSR count). The Bertz CT molecular complexity index is 1590. The maximum Gasteiger partial charge on any atom is 0.407 e. The van der Waals surface area contributed by atoms with E-state index >= 15 is 4.39 Å². The van der Waals surface area contributed by atoms with Crippen LogP contribution < -0.4 is 5.32 Å². The van der Waals surface area contributed by atoms with Crippen LogP contribution in [-0.4, -0.2) is 48.2 Å². The molecule has 1 saturated heterocycles. The number of fused-ring (bicyclic) bond motifs is 1. The van der Waals surface area contributed by atoms with Crippen molar-refractivity contribution in [3.8, 4) is 11.4 Å². The number of piperidine rings is 1. The van der Waals surface area contributed by atoms with Gasteiger partial charge in [0.2, 0.25) is 5.95 Å². The predicted molar refractivity (Wildman–Crippen MR) is 150 cm³/mol. The molecule has 1 aliphatic rings. The number of carboxylic acid groups (broad SMARTS) is 1. The van der Waals surface area contributed by atoms with E-state index in [9.17, 15) is 18.7 Å². The zero-order valence-electron chi connectivity index (χ0n) is 22.8. The second-order valence-electron chi connectivity index (χ2n) is 11.3. The van der Waals surface area contributed by atoms with Crippen LogP contribution in [0.1, 0.15) is 39.2 Å². The van der Waals surface area contributed by atoms with Crippen molar-refractivity contribution in [3.05, 3.63) is 70.6 Å². The number of hydrogen-bond donors (Lipinski definition) is 2. The van der Waals surface area contributed by atoms with Gasteiger partial charge in [-0.05, 0) is 54.0 Å². The van der Waals surface area contributed by atoms with Gasteiger partial charge in [-0.3, -0.25) is 0 Å². The highest BCUT2D eigenvalue weighted by atomic mass is 35.5. The molecule has 1 unspecified atom stereocenters. The number of hydrogen-bond acceptors (Lipinski definition) is 5. The van der Waals surface area contributed by atoms with E-state index in [2.05, 4.69) is 20.3 Å². The lowest BCUT2D eigenvalue weighted by Crippen LogP contribution is -2.55. The van der Waals surface area contributed by atoms with E-state index in [4.69, 9.17) is 11.6 Å². The van der Waals surface area contributed by atoms with Gasteiger partial charge in [0, 0.05) is 25.7 Å². The Morgan fingerprint density at radius 3 is 2.59 bits per heavy atom. The van der Waals surface area contributed by atoms with Crippen LogP contribution in [0.3, 0.4) is 0 Å². The summed E-state index contributed by atoms with van der Waals surface area (Å²) in [6.45, 7) is 6.90. The van der Waals surface area contributed by atoms with Gasteiger partial charge in [0.05, 0.1) is 16.8 Å². The Morgan fingerprint density at radius 2 is 1.90 bits per heavy atom. The van der Waals surface area contributed by atoms with Gasteiger partial charge in [0.15, 0.2) is 17.3 Å². The lowest BCUT2D eigenvalue weighted by molar-refractivity contribution is 0.0177. The first-order valence-electron chi connectivity index (χ1n) is 13.3. The van der Waals surface area contributed by atoms with Crippen molar-refractivity contribution < 1.29 is 23.1 Å². The van der Waals surface area contributed by atoms with Crippen LogP contribution in [0.2, 0.25) is 5.02 Å². The first kappa shape index (κ1) is 28.7. The summed E-state index contributed by atoms with van der Waals surface area (Å²) in [5.74, 6) is -2.11. The summed E-state index contributed by atoms with van der Waals surface area (Å²) in [6, 6.07) is 7.67. The lowest BCUT2D eigenvalue weighted by atomic mass is 9.74. The molecule has 216 valence electrons. The number of amides is 1. The average Bonchev–Trinajstić information content (AvgIpc) is 3.25. The molecule has 8 nitrogen and oxygen atoms in total.